The summed E-state index contributed by atoms with van der Waals surface area (Å²) in [5.74, 6) is 0.459. The molecule has 3 heterocycles. The maximum Gasteiger partial charge on any atom is 0.222 e. The van der Waals surface area contributed by atoms with E-state index >= 15 is 0 Å². The lowest BCUT2D eigenvalue weighted by Gasteiger charge is -2.23. The summed E-state index contributed by atoms with van der Waals surface area (Å²) < 4.78 is 13.0. The van der Waals surface area contributed by atoms with Crippen LogP contribution in [0.2, 0.25) is 0 Å². The fourth-order valence-corrected chi connectivity index (χ4v) is 4.86. The lowest BCUT2D eigenvalue weighted by Crippen LogP contribution is -2.36. The number of hydrogen-bond donors (Lipinski definition) is 2. The highest BCUT2D eigenvalue weighted by molar-refractivity contribution is 5.77. The van der Waals surface area contributed by atoms with Crippen molar-refractivity contribution in [3.63, 3.8) is 0 Å². The predicted octanol–water partition coefficient (Wildman–Crippen LogP) is 0.0569. The lowest BCUT2D eigenvalue weighted by molar-refractivity contribution is -0.124. The predicted molar refractivity (Wildman–Crippen MR) is 109 cm³/mol. The third kappa shape index (κ3) is 5.01. The van der Waals surface area contributed by atoms with Gasteiger partial charge in [-0.1, -0.05) is 0 Å². The molecule has 9 nitrogen and oxygen atoms in total. The molecule has 0 bridgehead atoms. The molecule has 2 N–H and O–H groups in total. The van der Waals surface area contributed by atoms with E-state index in [4.69, 9.17) is 9.47 Å². The van der Waals surface area contributed by atoms with E-state index in [0.717, 1.165) is 31.6 Å². The zero-order valence-electron chi connectivity index (χ0n) is 17.9. The smallest absolute Gasteiger partial charge is 0.222 e. The molecule has 2 aliphatic heterocycles. The first kappa shape index (κ1) is 21.3. The van der Waals surface area contributed by atoms with Crippen LogP contribution in [0.25, 0.3) is 0 Å². The standard InChI is InChI=1S/C21H33N5O4/c1-25-16(5-6-23-25)12-26-11-14(9-20(28)24-15-3-4-15)21-17(26)13-30-18(21)10-19(27)22-7-8-29-2/h5-6,14-15,17-18,21H,3-4,7-13H2,1-2H3,(H,22,27)(H,24,28)/t14-,17-,18+,21-/m1/s1. The molecular weight excluding hydrogens is 386 g/mol. The summed E-state index contributed by atoms with van der Waals surface area (Å²) in [6, 6.07) is 2.61. The molecule has 1 aliphatic carbocycles. The van der Waals surface area contributed by atoms with Crippen molar-refractivity contribution in [1.82, 2.24) is 25.3 Å². The Morgan fingerprint density at radius 2 is 2.13 bits per heavy atom. The Kier molecular flexibility index (Phi) is 6.70. The highest BCUT2D eigenvalue weighted by Crippen LogP contribution is 2.42. The van der Waals surface area contributed by atoms with Gasteiger partial charge in [0.15, 0.2) is 0 Å². The number of ether oxygens (including phenoxy) is 2. The molecule has 3 fully saturated rings. The summed E-state index contributed by atoms with van der Waals surface area (Å²) in [6.45, 7) is 3.19. The van der Waals surface area contributed by atoms with E-state index in [2.05, 4.69) is 20.6 Å². The van der Waals surface area contributed by atoms with Gasteiger partial charge in [0.25, 0.3) is 0 Å². The topological polar surface area (TPSA) is 97.7 Å². The Hall–Kier alpha value is -1.97. The second-order valence-electron chi connectivity index (χ2n) is 8.74. The normalized spacial score (nSPS) is 28.5. The molecule has 3 aliphatic rings. The quantitative estimate of drug-likeness (QED) is 0.521. The minimum absolute atomic E-state index is 0.0241. The number of carbonyl (C=O) groups is 2. The molecular formula is C21H33N5O4. The minimum Gasteiger partial charge on any atom is -0.383 e. The molecule has 1 saturated carbocycles. The monoisotopic (exact) mass is 419 g/mol. The van der Waals surface area contributed by atoms with Crippen LogP contribution in [0.4, 0.5) is 0 Å². The third-order valence-corrected chi connectivity index (χ3v) is 6.53. The molecule has 2 saturated heterocycles. The van der Waals surface area contributed by atoms with E-state index < -0.39 is 0 Å². The van der Waals surface area contributed by atoms with Crippen molar-refractivity contribution in [3.05, 3.63) is 18.0 Å². The highest BCUT2D eigenvalue weighted by atomic mass is 16.5. The number of hydrogen-bond acceptors (Lipinski definition) is 6. The fraction of sp³-hybridized carbons (Fsp3) is 0.762. The van der Waals surface area contributed by atoms with E-state index in [9.17, 15) is 9.59 Å². The molecule has 1 aromatic heterocycles. The average Bonchev–Trinajstić information content (AvgIpc) is 3.12. The van der Waals surface area contributed by atoms with Gasteiger partial charge >= 0.3 is 0 Å². The second-order valence-corrected chi connectivity index (χ2v) is 8.74. The summed E-state index contributed by atoms with van der Waals surface area (Å²) in [5.41, 5.74) is 1.14. The molecule has 2 amide bonds. The molecule has 166 valence electrons. The molecule has 0 aromatic carbocycles. The van der Waals surface area contributed by atoms with Crippen molar-refractivity contribution < 1.29 is 19.1 Å². The van der Waals surface area contributed by atoms with Gasteiger partial charge in [-0.25, -0.2) is 0 Å². The maximum atomic E-state index is 12.5. The van der Waals surface area contributed by atoms with E-state index in [0.29, 0.717) is 38.6 Å². The largest absolute Gasteiger partial charge is 0.383 e. The fourth-order valence-electron chi connectivity index (χ4n) is 4.86. The van der Waals surface area contributed by atoms with Gasteiger partial charge < -0.3 is 20.1 Å². The number of aryl methyl sites for hydroxylation is 1. The summed E-state index contributed by atoms with van der Waals surface area (Å²) in [4.78, 5) is 27.3. The number of rotatable bonds is 10. The van der Waals surface area contributed by atoms with Crippen LogP contribution in [0.5, 0.6) is 0 Å². The average molecular weight is 420 g/mol. The molecule has 30 heavy (non-hydrogen) atoms. The van der Waals surface area contributed by atoms with E-state index in [1.54, 1.807) is 7.11 Å². The number of fused-ring (bicyclic) bond motifs is 1. The van der Waals surface area contributed by atoms with E-state index in [1.165, 1.54) is 0 Å². The lowest BCUT2D eigenvalue weighted by atomic mass is 9.84. The van der Waals surface area contributed by atoms with Gasteiger partial charge in [0, 0.05) is 64.4 Å². The van der Waals surface area contributed by atoms with Crippen molar-refractivity contribution in [1.29, 1.82) is 0 Å². The highest BCUT2D eigenvalue weighted by Gasteiger charge is 2.51. The first-order valence-corrected chi connectivity index (χ1v) is 10.9. The SMILES string of the molecule is COCCNC(=O)C[C@@H]1OC[C@@H]2[C@H]1[C@H](CC(=O)NC1CC1)CN2Cc1ccnn1C. The van der Waals surface area contributed by atoms with Crippen LogP contribution in [0.3, 0.4) is 0 Å². The summed E-state index contributed by atoms with van der Waals surface area (Å²) >= 11 is 0. The van der Waals surface area contributed by atoms with Crippen molar-refractivity contribution in [2.45, 2.75) is 50.4 Å². The molecule has 4 atom stereocenters. The number of methoxy groups -OCH3 is 1. The van der Waals surface area contributed by atoms with Crippen LogP contribution in [-0.2, 0) is 32.7 Å². The van der Waals surface area contributed by atoms with Crippen LogP contribution in [-0.4, -0.2) is 78.1 Å². The molecule has 9 heteroatoms. The Morgan fingerprint density at radius 1 is 1.30 bits per heavy atom. The Morgan fingerprint density at radius 3 is 2.83 bits per heavy atom. The Labute approximate surface area is 177 Å². The molecule has 0 unspecified atom stereocenters. The maximum absolute atomic E-state index is 12.5. The molecule has 1 aromatic rings. The Bertz CT molecular complexity index is 750. The van der Waals surface area contributed by atoms with Crippen LogP contribution in [0.15, 0.2) is 12.3 Å². The number of aromatic nitrogens is 2. The van der Waals surface area contributed by atoms with Crippen molar-refractivity contribution in [2.75, 3.05) is 33.4 Å². The third-order valence-electron chi connectivity index (χ3n) is 6.53. The van der Waals surface area contributed by atoms with Gasteiger partial charge in [-0.05, 0) is 24.8 Å². The zero-order valence-corrected chi connectivity index (χ0v) is 17.9. The van der Waals surface area contributed by atoms with E-state index in [1.807, 2.05) is 24.0 Å². The molecule has 0 spiro atoms. The van der Waals surface area contributed by atoms with Gasteiger partial charge in [-0.15, -0.1) is 0 Å². The van der Waals surface area contributed by atoms with E-state index in [-0.39, 0.29) is 35.8 Å². The van der Waals surface area contributed by atoms with Gasteiger partial charge in [0.1, 0.15) is 0 Å². The Balaban J connectivity index is 1.42. The van der Waals surface area contributed by atoms with Crippen LogP contribution in [0, 0.1) is 11.8 Å². The molecule has 0 radical (unpaired) electrons. The van der Waals surface area contributed by atoms with Crippen LogP contribution >= 0.6 is 0 Å². The second kappa shape index (κ2) is 9.45. The van der Waals surface area contributed by atoms with Crippen LogP contribution in [0.1, 0.15) is 31.4 Å². The minimum atomic E-state index is -0.159. The van der Waals surface area contributed by atoms with Gasteiger partial charge in [0.2, 0.25) is 11.8 Å². The summed E-state index contributed by atoms with van der Waals surface area (Å²) in [6.07, 6.45) is 4.63. The number of nitrogens with zero attached hydrogens (tertiary/aromatic N) is 3. The first-order valence-electron chi connectivity index (χ1n) is 10.9. The summed E-state index contributed by atoms with van der Waals surface area (Å²) in [5, 5.41) is 10.3. The van der Waals surface area contributed by atoms with Crippen molar-refractivity contribution >= 4 is 11.8 Å². The molecule has 4 rings (SSSR count). The number of nitrogens with one attached hydrogen (secondary N) is 2. The number of likely N-dealkylation sites (tertiary alicyclic amines) is 1. The van der Waals surface area contributed by atoms with Crippen LogP contribution < -0.4 is 10.6 Å². The summed E-state index contributed by atoms with van der Waals surface area (Å²) in [7, 11) is 3.56. The van der Waals surface area contributed by atoms with Gasteiger partial charge in [-0.3, -0.25) is 19.2 Å². The van der Waals surface area contributed by atoms with Gasteiger partial charge in [0.05, 0.1) is 31.4 Å². The zero-order chi connectivity index (χ0) is 21.1. The number of carbonyl (C=O) groups excluding carboxylic acids is 2. The van der Waals surface area contributed by atoms with Crippen molar-refractivity contribution in [2.24, 2.45) is 18.9 Å². The first-order chi connectivity index (χ1) is 14.5. The van der Waals surface area contributed by atoms with Crippen molar-refractivity contribution in [3.8, 4) is 0 Å². The van der Waals surface area contributed by atoms with Gasteiger partial charge in [-0.2, -0.15) is 5.10 Å². The number of amides is 2.